The Morgan fingerprint density at radius 2 is 1.75 bits per heavy atom. The molecule has 28 heavy (non-hydrogen) atoms. The Morgan fingerprint density at radius 3 is 2.50 bits per heavy atom. The molecule has 1 heterocycles. The number of fused-ring (bicyclic) bond motifs is 1. The third-order valence-corrected chi connectivity index (χ3v) is 4.56. The highest BCUT2D eigenvalue weighted by Crippen LogP contribution is 2.30. The lowest BCUT2D eigenvalue weighted by atomic mass is 10.2. The lowest BCUT2D eigenvalue weighted by Crippen LogP contribution is -2.39. The van der Waals surface area contributed by atoms with Gasteiger partial charge in [-0.2, -0.15) is 0 Å². The molecular formula is C22H25NO5. The van der Waals surface area contributed by atoms with E-state index in [1.165, 1.54) is 0 Å². The van der Waals surface area contributed by atoms with E-state index in [1.54, 1.807) is 30.0 Å². The molecule has 2 aromatic rings. The van der Waals surface area contributed by atoms with Gasteiger partial charge in [-0.1, -0.05) is 18.2 Å². The summed E-state index contributed by atoms with van der Waals surface area (Å²) in [6.45, 7) is 6.86. The normalized spacial score (nSPS) is 13.6. The van der Waals surface area contributed by atoms with Crippen LogP contribution >= 0.6 is 0 Å². The fourth-order valence-electron chi connectivity index (χ4n) is 3.24. The maximum Gasteiger partial charge on any atom is 0.339 e. The number of hydrogen-bond donors (Lipinski definition) is 0. The van der Waals surface area contributed by atoms with E-state index in [1.807, 2.05) is 38.1 Å². The van der Waals surface area contributed by atoms with Gasteiger partial charge in [-0.15, -0.1) is 0 Å². The van der Waals surface area contributed by atoms with Crippen LogP contribution in [0.5, 0.6) is 11.5 Å². The molecule has 1 atom stereocenters. The summed E-state index contributed by atoms with van der Waals surface area (Å²) in [6.07, 6.45) is -0.0834. The molecule has 2 aromatic carbocycles. The quantitative estimate of drug-likeness (QED) is 0.684. The average Bonchev–Trinajstić information content (AvgIpc) is 3.13. The molecule has 1 aliphatic heterocycles. The van der Waals surface area contributed by atoms with Gasteiger partial charge < -0.3 is 19.1 Å². The van der Waals surface area contributed by atoms with E-state index < -0.39 is 12.1 Å². The number of nitrogens with zero attached hydrogens (tertiary/aromatic N) is 1. The number of esters is 1. The van der Waals surface area contributed by atoms with Gasteiger partial charge in [0.1, 0.15) is 0 Å². The first kappa shape index (κ1) is 19.7. The first-order chi connectivity index (χ1) is 13.5. The van der Waals surface area contributed by atoms with Crippen molar-refractivity contribution in [2.24, 2.45) is 0 Å². The second kappa shape index (κ2) is 8.78. The van der Waals surface area contributed by atoms with Gasteiger partial charge in [0.25, 0.3) is 5.91 Å². The van der Waals surface area contributed by atoms with Crippen LogP contribution in [0, 0.1) is 0 Å². The highest BCUT2D eigenvalue weighted by atomic mass is 16.5. The van der Waals surface area contributed by atoms with Gasteiger partial charge in [-0.05, 0) is 57.0 Å². The molecule has 0 aliphatic carbocycles. The van der Waals surface area contributed by atoms with E-state index in [4.69, 9.17) is 14.2 Å². The maximum atomic E-state index is 12.8. The minimum atomic E-state index is -0.888. The summed E-state index contributed by atoms with van der Waals surface area (Å²) < 4.78 is 16.5. The minimum Gasteiger partial charge on any atom is -0.490 e. The first-order valence-corrected chi connectivity index (χ1v) is 9.55. The lowest BCUT2D eigenvalue weighted by molar-refractivity contribution is -0.126. The molecule has 0 saturated heterocycles. The zero-order valence-electron chi connectivity index (χ0n) is 16.4. The number of benzene rings is 2. The number of carbonyl (C=O) groups excluding carboxylic acids is 2. The Morgan fingerprint density at radius 1 is 1.04 bits per heavy atom. The van der Waals surface area contributed by atoms with Crippen LogP contribution in [0.15, 0.2) is 42.5 Å². The van der Waals surface area contributed by atoms with E-state index in [-0.39, 0.29) is 5.91 Å². The number of hydrogen-bond acceptors (Lipinski definition) is 5. The standard InChI is InChI=1S/C22H25NO5/c1-4-26-19-11-10-17(14-20(19)27-5-2)22(25)28-15(3)21(24)23-13-12-16-8-6-7-9-18(16)23/h6-11,14-15H,4-5,12-13H2,1-3H3/t15-/m1/s1. The van der Waals surface area contributed by atoms with Crippen molar-refractivity contribution in [3.63, 3.8) is 0 Å². The second-order valence-electron chi connectivity index (χ2n) is 6.44. The minimum absolute atomic E-state index is 0.228. The van der Waals surface area contributed by atoms with Gasteiger partial charge in [0.15, 0.2) is 17.6 Å². The van der Waals surface area contributed by atoms with Crippen molar-refractivity contribution in [2.75, 3.05) is 24.7 Å². The zero-order valence-corrected chi connectivity index (χ0v) is 16.4. The molecule has 6 heteroatoms. The van der Waals surface area contributed by atoms with E-state index in [9.17, 15) is 9.59 Å². The van der Waals surface area contributed by atoms with E-state index in [2.05, 4.69) is 0 Å². The predicted molar refractivity (Wildman–Crippen MR) is 106 cm³/mol. The van der Waals surface area contributed by atoms with Crippen LogP contribution in [-0.4, -0.2) is 37.7 Å². The Bertz CT molecular complexity index is 864. The number of para-hydroxylation sites is 1. The van der Waals surface area contributed by atoms with Gasteiger partial charge in [-0.3, -0.25) is 4.79 Å². The number of ether oxygens (including phenoxy) is 3. The fraction of sp³-hybridized carbons (Fsp3) is 0.364. The summed E-state index contributed by atoms with van der Waals surface area (Å²) in [4.78, 5) is 27.0. The molecule has 0 unspecified atom stereocenters. The van der Waals surface area contributed by atoms with Crippen LogP contribution in [-0.2, 0) is 16.0 Å². The molecule has 0 fully saturated rings. The zero-order chi connectivity index (χ0) is 20.1. The number of carbonyl (C=O) groups is 2. The Balaban J connectivity index is 1.70. The van der Waals surface area contributed by atoms with Crippen LogP contribution in [0.4, 0.5) is 5.69 Å². The van der Waals surface area contributed by atoms with Crippen molar-refractivity contribution in [2.45, 2.75) is 33.3 Å². The van der Waals surface area contributed by atoms with Crippen LogP contribution in [0.25, 0.3) is 0 Å². The molecule has 0 saturated carbocycles. The van der Waals surface area contributed by atoms with Crippen molar-refractivity contribution < 1.29 is 23.8 Å². The molecule has 148 valence electrons. The molecule has 0 aromatic heterocycles. The van der Waals surface area contributed by atoms with Crippen molar-refractivity contribution >= 4 is 17.6 Å². The summed E-state index contributed by atoms with van der Waals surface area (Å²) in [7, 11) is 0. The average molecular weight is 383 g/mol. The summed E-state index contributed by atoms with van der Waals surface area (Å²) in [6, 6.07) is 12.6. The van der Waals surface area contributed by atoms with Gasteiger partial charge in [-0.25, -0.2) is 4.79 Å². The topological polar surface area (TPSA) is 65.1 Å². The van der Waals surface area contributed by atoms with Crippen molar-refractivity contribution in [1.29, 1.82) is 0 Å². The van der Waals surface area contributed by atoms with Gasteiger partial charge in [0, 0.05) is 12.2 Å². The Hall–Kier alpha value is -3.02. The highest BCUT2D eigenvalue weighted by Gasteiger charge is 2.30. The molecular weight excluding hydrogens is 358 g/mol. The van der Waals surface area contributed by atoms with Crippen molar-refractivity contribution in [3.05, 3.63) is 53.6 Å². The molecule has 3 rings (SSSR count). The molecule has 0 N–H and O–H groups in total. The Kier molecular flexibility index (Phi) is 6.19. The molecule has 6 nitrogen and oxygen atoms in total. The third-order valence-electron chi connectivity index (χ3n) is 4.56. The van der Waals surface area contributed by atoms with E-state index in [0.717, 1.165) is 17.7 Å². The predicted octanol–water partition coefficient (Wildman–Crippen LogP) is 3.62. The second-order valence-corrected chi connectivity index (χ2v) is 6.44. The molecule has 0 radical (unpaired) electrons. The molecule has 1 aliphatic rings. The van der Waals surface area contributed by atoms with Gasteiger partial charge >= 0.3 is 5.97 Å². The SMILES string of the molecule is CCOc1ccc(C(=O)O[C@H](C)C(=O)N2CCc3ccccc32)cc1OCC. The van der Waals surface area contributed by atoms with Crippen LogP contribution in [0.3, 0.4) is 0 Å². The number of rotatable bonds is 7. The van der Waals surface area contributed by atoms with Crippen LogP contribution < -0.4 is 14.4 Å². The lowest BCUT2D eigenvalue weighted by Gasteiger charge is -2.22. The van der Waals surface area contributed by atoms with Crippen molar-refractivity contribution in [1.82, 2.24) is 0 Å². The molecule has 1 amide bonds. The van der Waals surface area contributed by atoms with Crippen LogP contribution in [0.1, 0.15) is 36.7 Å². The Labute approximate surface area is 165 Å². The fourth-order valence-corrected chi connectivity index (χ4v) is 3.24. The first-order valence-electron chi connectivity index (χ1n) is 9.55. The molecule has 0 bridgehead atoms. The summed E-state index contributed by atoms with van der Waals surface area (Å²) in [5.41, 5.74) is 2.32. The largest absolute Gasteiger partial charge is 0.490 e. The number of amides is 1. The number of anilines is 1. The smallest absolute Gasteiger partial charge is 0.339 e. The summed E-state index contributed by atoms with van der Waals surface area (Å²) >= 11 is 0. The van der Waals surface area contributed by atoms with Crippen LogP contribution in [0.2, 0.25) is 0 Å². The monoisotopic (exact) mass is 383 g/mol. The van der Waals surface area contributed by atoms with E-state index in [0.29, 0.717) is 36.8 Å². The van der Waals surface area contributed by atoms with E-state index >= 15 is 0 Å². The van der Waals surface area contributed by atoms with Gasteiger partial charge in [0.2, 0.25) is 0 Å². The highest BCUT2D eigenvalue weighted by molar-refractivity contribution is 6.00. The summed E-state index contributed by atoms with van der Waals surface area (Å²) in [5, 5.41) is 0. The maximum absolute atomic E-state index is 12.8. The molecule has 0 spiro atoms. The van der Waals surface area contributed by atoms with Crippen molar-refractivity contribution in [3.8, 4) is 11.5 Å². The van der Waals surface area contributed by atoms with Gasteiger partial charge in [0.05, 0.1) is 18.8 Å². The third kappa shape index (κ3) is 4.11. The summed E-state index contributed by atoms with van der Waals surface area (Å²) in [5.74, 6) is 0.247.